The second kappa shape index (κ2) is 5.15. The highest BCUT2D eigenvalue weighted by atomic mass is 31.2. The molecule has 8 unspecified atom stereocenters. The number of hydrogen-bond donors (Lipinski definition) is 2. The van der Waals surface area contributed by atoms with E-state index in [4.69, 9.17) is 28.8 Å². The van der Waals surface area contributed by atoms with Gasteiger partial charge in [0.05, 0.1) is 0 Å². The molecule has 7 fully saturated rings. The van der Waals surface area contributed by atoms with Crippen molar-refractivity contribution in [2.75, 3.05) is 7.11 Å². The largest absolute Gasteiger partial charge is 0.524 e. The van der Waals surface area contributed by atoms with Gasteiger partial charge in [0, 0.05) is 18.6 Å². The van der Waals surface area contributed by atoms with Crippen LogP contribution in [0.4, 0.5) is 0 Å². The average Bonchev–Trinajstić information content (AvgIpc) is 2.56. The molecule has 27 heavy (non-hydrogen) atoms. The van der Waals surface area contributed by atoms with Gasteiger partial charge in [0.1, 0.15) is 5.75 Å². The van der Waals surface area contributed by atoms with Gasteiger partial charge in [-0.25, -0.2) is 9.45 Å². The molecule has 1 aromatic carbocycles. The molecule has 146 valence electrons. The third-order valence-corrected chi connectivity index (χ3v) is 8.61. The number of phosphoric acid groups is 1. The van der Waals surface area contributed by atoms with Crippen molar-refractivity contribution >= 4 is 7.82 Å². The molecule has 1 spiro atoms. The minimum atomic E-state index is -4.64. The molecule has 1 heterocycles. The smallest absolute Gasteiger partial charge is 0.404 e. The van der Waals surface area contributed by atoms with Crippen LogP contribution in [-0.2, 0) is 24.9 Å². The molecule has 0 amide bonds. The van der Waals surface area contributed by atoms with Crippen molar-refractivity contribution < 1.29 is 33.4 Å². The van der Waals surface area contributed by atoms with Crippen LogP contribution in [-0.4, -0.2) is 22.5 Å². The van der Waals surface area contributed by atoms with Crippen molar-refractivity contribution in [3.05, 3.63) is 29.8 Å². The SMILES string of the molecule is COC1(c2cccc(OP(=O)(O)O)c2)OOC12C1CC3CC2C2CC3C2C1. The number of methoxy groups -OCH3 is 1. The number of hydrogen-bond acceptors (Lipinski definition) is 5. The molecule has 6 aliphatic carbocycles. The molecule has 2 N–H and O–H groups in total. The van der Waals surface area contributed by atoms with Crippen LogP contribution in [0.1, 0.15) is 31.2 Å². The van der Waals surface area contributed by atoms with E-state index in [1.165, 1.54) is 12.5 Å². The first-order chi connectivity index (χ1) is 12.9. The van der Waals surface area contributed by atoms with Crippen molar-refractivity contribution in [2.45, 2.75) is 37.1 Å². The van der Waals surface area contributed by atoms with E-state index in [1.54, 1.807) is 19.2 Å². The van der Waals surface area contributed by atoms with Gasteiger partial charge >= 0.3 is 7.82 Å². The van der Waals surface area contributed by atoms with E-state index in [-0.39, 0.29) is 5.75 Å². The summed E-state index contributed by atoms with van der Waals surface area (Å²) in [5, 5.41) is 0. The summed E-state index contributed by atoms with van der Waals surface area (Å²) in [6.07, 6.45) is 4.77. The van der Waals surface area contributed by atoms with Crippen LogP contribution < -0.4 is 4.52 Å². The molecule has 0 radical (unpaired) electrons. The highest BCUT2D eigenvalue weighted by Crippen LogP contribution is 2.77. The Bertz CT molecular complexity index is 839. The summed E-state index contributed by atoms with van der Waals surface area (Å²) in [5.74, 6) is 3.06. The molecule has 8 heteroatoms. The van der Waals surface area contributed by atoms with Crippen molar-refractivity contribution in [1.29, 1.82) is 0 Å². The number of rotatable bonds is 4. The van der Waals surface area contributed by atoms with Gasteiger partial charge in [0.15, 0.2) is 5.60 Å². The third kappa shape index (κ3) is 1.93. The summed E-state index contributed by atoms with van der Waals surface area (Å²) in [4.78, 5) is 30.0. The molecule has 1 aromatic rings. The lowest BCUT2D eigenvalue weighted by molar-refractivity contribution is -0.651. The van der Waals surface area contributed by atoms with Crippen LogP contribution in [0.3, 0.4) is 0 Å². The summed E-state index contributed by atoms with van der Waals surface area (Å²) in [5.41, 5.74) is 0.163. The molecule has 1 aliphatic heterocycles. The Morgan fingerprint density at radius 3 is 2.63 bits per heavy atom. The molecule has 6 saturated carbocycles. The molecule has 8 atom stereocenters. The van der Waals surface area contributed by atoms with Crippen molar-refractivity contribution in [3.8, 4) is 5.75 Å². The van der Waals surface area contributed by atoms with E-state index in [9.17, 15) is 4.57 Å². The van der Waals surface area contributed by atoms with Gasteiger partial charge in [0.2, 0.25) is 0 Å². The Morgan fingerprint density at radius 1 is 1.11 bits per heavy atom. The maximum Gasteiger partial charge on any atom is 0.524 e. The summed E-state index contributed by atoms with van der Waals surface area (Å²) < 4.78 is 22.0. The van der Waals surface area contributed by atoms with Crippen LogP contribution in [0.15, 0.2) is 24.3 Å². The van der Waals surface area contributed by atoms with Gasteiger partial charge in [-0.05, 0) is 67.4 Å². The predicted molar refractivity (Wildman–Crippen MR) is 92.1 cm³/mol. The van der Waals surface area contributed by atoms with E-state index in [2.05, 4.69) is 0 Å². The van der Waals surface area contributed by atoms with Crippen molar-refractivity contribution in [2.24, 2.45) is 35.5 Å². The van der Waals surface area contributed by atoms with Crippen LogP contribution in [0.2, 0.25) is 0 Å². The van der Waals surface area contributed by atoms with Gasteiger partial charge in [-0.1, -0.05) is 12.1 Å². The zero-order valence-corrected chi connectivity index (χ0v) is 15.9. The van der Waals surface area contributed by atoms with Crippen molar-refractivity contribution in [1.82, 2.24) is 0 Å². The standard InChI is InChI=1S/C19H23O7P/c1-23-19(11-3-2-4-13(7-11)24-27(20,21)22)18(25-26-19)12-5-10-6-17(18)16-9-14(10)15(16)8-12/h2-4,7,10,12,14-17H,5-6,8-9H2,1H3,(H2,20,21,22). The fourth-order valence-corrected chi connectivity index (χ4v) is 7.75. The van der Waals surface area contributed by atoms with Gasteiger partial charge in [-0.3, -0.25) is 9.79 Å². The molecular formula is C19H23O7P. The van der Waals surface area contributed by atoms with Gasteiger partial charge < -0.3 is 9.26 Å². The Hall–Kier alpha value is -0.950. The Balaban J connectivity index is 1.43. The van der Waals surface area contributed by atoms with E-state index >= 15 is 0 Å². The lowest BCUT2D eigenvalue weighted by Crippen LogP contribution is -2.81. The first-order valence-corrected chi connectivity index (χ1v) is 11.2. The minimum absolute atomic E-state index is 0.0930. The van der Waals surface area contributed by atoms with Gasteiger partial charge in [-0.15, -0.1) is 0 Å². The molecule has 0 aromatic heterocycles. The highest BCUT2D eigenvalue weighted by Gasteiger charge is 2.81. The highest BCUT2D eigenvalue weighted by molar-refractivity contribution is 7.46. The fraction of sp³-hybridized carbons (Fsp3) is 0.684. The Kier molecular flexibility index (Phi) is 3.23. The zero-order chi connectivity index (χ0) is 18.6. The van der Waals surface area contributed by atoms with Gasteiger partial charge in [0.25, 0.3) is 5.79 Å². The van der Waals surface area contributed by atoms with Crippen LogP contribution >= 0.6 is 7.82 Å². The summed E-state index contributed by atoms with van der Waals surface area (Å²) in [6, 6.07) is 6.67. The normalized spacial score (nSPS) is 49.0. The average molecular weight is 394 g/mol. The number of benzene rings is 1. The summed E-state index contributed by atoms with van der Waals surface area (Å²) in [6.45, 7) is 0. The molecular weight excluding hydrogens is 371 g/mol. The Morgan fingerprint density at radius 2 is 1.96 bits per heavy atom. The maximum absolute atomic E-state index is 11.2. The first kappa shape index (κ1) is 17.0. The minimum Gasteiger partial charge on any atom is -0.404 e. The quantitative estimate of drug-likeness (QED) is 0.599. The molecule has 7 nitrogen and oxygen atoms in total. The maximum atomic E-state index is 11.2. The second-order valence-electron chi connectivity index (χ2n) is 8.89. The third-order valence-electron chi connectivity index (χ3n) is 8.16. The second-order valence-corrected chi connectivity index (χ2v) is 10.1. The van der Waals surface area contributed by atoms with Crippen LogP contribution in [0.5, 0.6) is 5.75 Å². The number of ether oxygens (including phenoxy) is 1. The van der Waals surface area contributed by atoms with E-state index < -0.39 is 19.2 Å². The molecule has 6 bridgehead atoms. The van der Waals surface area contributed by atoms with Gasteiger partial charge in [-0.2, -0.15) is 4.89 Å². The predicted octanol–water partition coefficient (Wildman–Crippen LogP) is 2.97. The zero-order valence-electron chi connectivity index (χ0n) is 15.0. The molecule has 1 saturated heterocycles. The summed E-state index contributed by atoms with van der Waals surface area (Å²) in [7, 11) is -3.02. The molecule has 8 rings (SSSR count). The van der Waals surface area contributed by atoms with Crippen molar-refractivity contribution in [3.63, 3.8) is 0 Å². The topological polar surface area (TPSA) is 94.5 Å². The van der Waals surface area contributed by atoms with E-state index in [0.29, 0.717) is 23.3 Å². The molecule has 7 aliphatic rings. The van der Waals surface area contributed by atoms with E-state index in [1.807, 2.05) is 6.07 Å². The fourth-order valence-electron chi connectivity index (χ4n) is 7.36. The Labute approximate surface area is 157 Å². The lowest BCUT2D eigenvalue weighted by atomic mass is 9.34. The van der Waals surface area contributed by atoms with E-state index in [0.717, 1.165) is 37.0 Å². The van der Waals surface area contributed by atoms with Crippen LogP contribution in [0, 0.1) is 35.5 Å². The number of phosphoric ester groups is 1. The van der Waals surface area contributed by atoms with Crippen LogP contribution in [0.25, 0.3) is 0 Å². The first-order valence-electron chi connectivity index (χ1n) is 9.65. The monoisotopic (exact) mass is 394 g/mol. The summed E-state index contributed by atoms with van der Waals surface area (Å²) >= 11 is 0. The lowest BCUT2D eigenvalue weighted by Gasteiger charge is -2.76.